The normalized spacial score (nSPS) is 14.8. The molecule has 3 aromatic rings. The highest BCUT2D eigenvalue weighted by molar-refractivity contribution is 5.83. The topological polar surface area (TPSA) is 165 Å². The molecular weight excluding hydrogens is 500 g/mol. The second-order valence-electron chi connectivity index (χ2n) is 10.5. The zero-order valence-corrected chi connectivity index (χ0v) is 22.8. The van der Waals surface area contributed by atoms with Crippen LogP contribution in [-0.4, -0.2) is 60.3 Å². The number of benzene rings is 2. The lowest BCUT2D eigenvalue weighted by Crippen LogP contribution is -2.44. The largest absolute Gasteiger partial charge is 0.509 e. The molecule has 212 valence electrons. The Morgan fingerprint density at radius 2 is 1.64 bits per heavy atom. The van der Waals surface area contributed by atoms with Crippen LogP contribution in [0.1, 0.15) is 38.3 Å². The molecule has 4 unspecified atom stereocenters. The maximum absolute atomic E-state index is 12.5. The lowest BCUT2D eigenvalue weighted by Gasteiger charge is -2.29. The minimum Gasteiger partial charge on any atom is -0.443 e. The fourth-order valence-electron chi connectivity index (χ4n) is 4.37. The van der Waals surface area contributed by atoms with Gasteiger partial charge >= 0.3 is 12.2 Å². The van der Waals surface area contributed by atoms with E-state index in [0.29, 0.717) is 19.3 Å². The summed E-state index contributed by atoms with van der Waals surface area (Å²) in [5.74, 6) is 0. The van der Waals surface area contributed by atoms with Crippen molar-refractivity contribution in [2.75, 3.05) is 13.2 Å². The number of hydrogen-bond donors (Lipinski definition) is 4. The van der Waals surface area contributed by atoms with E-state index in [9.17, 15) is 9.59 Å². The molecule has 0 bridgehead atoms. The van der Waals surface area contributed by atoms with Gasteiger partial charge in [0.05, 0.1) is 6.61 Å². The van der Waals surface area contributed by atoms with Crippen LogP contribution in [0.4, 0.5) is 9.59 Å². The first-order valence-corrected chi connectivity index (χ1v) is 13.1. The van der Waals surface area contributed by atoms with Crippen LogP contribution in [0.5, 0.6) is 0 Å². The summed E-state index contributed by atoms with van der Waals surface area (Å²) in [6.45, 7) is 5.27. The zero-order chi connectivity index (χ0) is 28.4. The smallest absolute Gasteiger partial charge is 0.443 e. The number of carbonyl (C=O) groups excluding carboxylic acids is 2. The van der Waals surface area contributed by atoms with E-state index in [-0.39, 0.29) is 19.2 Å². The van der Waals surface area contributed by atoms with Crippen molar-refractivity contribution in [1.82, 2.24) is 4.98 Å². The maximum Gasteiger partial charge on any atom is 0.509 e. The SMILES string of the molecule is CC(C)(C)OC(=O)OC(COC(CN)C(Cc1ccccc1)OC(N)=O)CC(N)Cc1c[nH]c2ccccc12. The van der Waals surface area contributed by atoms with Crippen molar-refractivity contribution in [3.05, 3.63) is 71.9 Å². The number of primary amides is 1. The summed E-state index contributed by atoms with van der Waals surface area (Å²) in [5.41, 5.74) is 20.1. The number of fused-ring (bicyclic) bond motifs is 1. The Morgan fingerprint density at radius 3 is 2.31 bits per heavy atom. The zero-order valence-electron chi connectivity index (χ0n) is 22.8. The molecule has 10 heteroatoms. The third-order valence-electron chi connectivity index (χ3n) is 6.07. The molecule has 0 fully saturated rings. The fraction of sp³-hybridized carbons (Fsp3) is 0.448. The van der Waals surface area contributed by atoms with Gasteiger partial charge in [0.1, 0.15) is 23.9 Å². The van der Waals surface area contributed by atoms with Gasteiger partial charge in [-0.1, -0.05) is 48.5 Å². The van der Waals surface area contributed by atoms with E-state index in [1.165, 1.54) is 0 Å². The lowest BCUT2D eigenvalue weighted by atomic mass is 10.0. The van der Waals surface area contributed by atoms with Gasteiger partial charge in [0.15, 0.2) is 0 Å². The molecule has 0 saturated carbocycles. The molecule has 0 spiro atoms. The molecule has 0 saturated heterocycles. The van der Waals surface area contributed by atoms with E-state index in [1.807, 2.05) is 60.8 Å². The number of nitrogens with one attached hydrogen (secondary N) is 1. The minimum absolute atomic E-state index is 0.0316. The third-order valence-corrected chi connectivity index (χ3v) is 6.07. The number of para-hydroxylation sites is 1. The molecular formula is C29H40N4O6. The van der Waals surface area contributed by atoms with Crippen LogP contribution in [0.25, 0.3) is 10.9 Å². The van der Waals surface area contributed by atoms with Gasteiger partial charge in [0.25, 0.3) is 0 Å². The van der Waals surface area contributed by atoms with Crippen LogP contribution in [0.15, 0.2) is 60.8 Å². The molecule has 2 aromatic carbocycles. The van der Waals surface area contributed by atoms with E-state index >= 15 is 0 Å². The number of hydrogen-bond acceptors (Lipinski definition) is 8. The van der Waals surface area contributed by atoms with Crippen molar-refractivity contribution in [3.8, 4) is 0 Å². The van der Waals surface area contributed by atoms with Gasteiger partial charge in [-0.05, 0) is 44.4 Å². The molecule has 39 heavy (non-hydrogen) atoms. The second-order valence-corrected chi connectivity index (χ2v) is 10.5. The van der Waals surface area contributed by atoms with E-state index < -0.39 is 36.2 Å². The molecule has 1 amide bonds. The van der Waals surface area contributed by atoms with Crippen molar-refractivity contribution in [3.63, 3.8) is 0 Å². The van der Waals surface area contributed by atoms with Gasteiger partial charge in [-0.25, -0.2) is 9.59 Å². The highest BCUT2D eigenvalue weighted by atomic mass is 16.7. The van der Waals surface area contributed by atoms with Crippen LogP contribution in [0.3, 0.4) is 0 Å². The molecule has 0 aliphatic rings. The number of rotatable bonds is 13. The molecule has 0 aliphatic carbocycles. The molecule has 1 aromatic heterocycles. The van der Waals surface area contributed by atoms with E-state index in [2.05, 4.69) is 4.98 Å². The predicted octanol–water partition coefficient (Wildman–Crippen LogP) is 3.80. The summed E-state index contributed by atoms with van der Waals surface area (Å²) in [6.07, 6.45) is -0.789. The Balaban J connectivity index is 1.70. The van der Waals surface area contributed by atoms with Gasteiger partial charge in [-0.2, -0.15) is 0 Å². The van der Waals surface area contributed by atoms with Crippen LogP contribution in [-0.2, 0) is 31.8 Å². The molecule has 10 nitrogen and oxygen atoms in total. The van der Waals surface area contributed by atoms with Crippen LogP contribution < -0.4 is 17.2 Å². The van der Waals surface area contributed by atoms with Gasteiger partial charge in [-0.3, -0.25) is 0 Å². The Kier molecular flexibility index (Phi) is 10.7. The summed E-state index contributed by atoms with van der Waals surface area (Å²) in [4.78, 5) is 27.4. The summed E-state index contributed by atoms with van der Waals surface area (Å²) in [6, 6.07) is 17.1. The van der Waals surface area contributed by atoms with Crippen LogP contribution in [0.2, 0.25) is 0 Å². The number of ether oxygens (including phenoxy) is 4. The number of aromatic amines is 1. The predicted molar refractivity (Wildman–Crippen MR) is 149 cm³/mol. The number of carbonyl (C=O) groups is 2. The quantitative estimate of drug-likeness (QED) is 0.238. The number of H-pyrrole nitrogens is 1. The Morgan fingerprint density at radius 1 is 0.949 bits per heavy atom. The van der Waals surface area contributed by atoms with Crippen molar-refractivity contribution < 1.29 is 28.5 Å². The molecule has 1 heterocycles. The fourth-order valence-corrected chi connectivity index (χ4v) is 4.37. The average Bonchev–Trinajstić information content (AvgIpc) is 3.26. The Bertz CT molecular complexity index is 1190. The molecule has 0 radical (unpaired) electrons. The summed E-state index contributed by atoms with van der Waals surface area (Å²) in [7, 11) is 0. The Hall–Kier alpha value is -3.60. The van der Waals surface area contributed by atoms with E-state index in [0.717, 1.165) is 22.0 Å². The molecule has 0 aliphatic heterocycles. The highest BCUT2D eigenvalue weighted by Gasteiger charge is 2.29. The van der Waals surface area contributed by atoms with Crippen molar-refractivity contribution in [1.29, 1.82) is 0 Å². The summed E-state index contributed by atoms with van der Waals surface area (Å²) >= 11 is 0. The van der Waals surface area contributed by atoms with Gasteiger partial charge in [-0.15, -0.1) is 0 Å². The van der Waals surface area contributed by atoms with Crippen molar-refractivity contribution >= 4 is 23.2 Å². The second kappa shape index (κ2) is 14.0. The van der Waals surface area contributed by atoms with Gasteiger partial charge in [0, 0.05) is 42.5 Å². The van der Waals surface area contributed by atoms with Crippen LogP contribution >= 0.6 is 0 Å². The average molecular weight is 541 g/mol. The van der Waals surface area contributed by atoms with Crippen LogP contribution in [0, 0.1) is 0 Å². The summed E-state index contributed by atoms with van der Waals surface area (Å²) < 4.78 is 22.4. The summed E-state index contributed by atoms with van der Waals surface area (Å²) in [5, 5.41) is 1.09. The first-order valence-electron chi connectivity index (χ1n) is 13.1. The van der Waals surface area contributed by atoms with Crippen molar-refractivity contribution in [2.45, 2.75) is 70.0 Å². The van der Waals surface area contributed by atoms with Gasteiger partial charge < -0.3 is 41.1 Å². The lowest BCUT2D eigenvalue weighted by molar-refractivity contribution is -0.0855. The van der Waals surface area contributed by atoms with Crippen molar-refractivity contribution in [2.24, 2.45) is 17.2 Å². The molecule has 7 N–H and O–H groups in total. The maximum atomic E-state index is 12.5. The first kappa shape index (κ1) is 29.9. The first-order chi connectivity index (χ1) is 18.5. The number of amides is 1. The number of aromatic nitrogens is 1. The monoisotopic (exact) mass is 540 g/mol. The minimum atomic E-state index is -0.930. The Labute approximate surface area is 229 Å². The highest BCUT2D eigenvalue weighted by Crippen LogP contribution is 2.21. The molecule has 3 rings (SSSR count). The molecule has 4 atom stereocenters. The van der Waals surface area contributed by atoms with Gasteiger partial charge in [0.2, 0.25) is 0 Å². The standard InChI is InChI=1S/C29H40N4O6/c1-29(2,3)39-28(35)37-22(15-21(31)14-20-17-33-24-12-8-7-11-23(20)24)18-36-26(16-30)25(38-27(32)34)13-19-9-5-4-6-10-19/h4-12,17,21-22,25-26,33H,13-16,18,30-31H2,1-3H3,(H2,32,34). The van der Waals surface area contributed by atoms with E-state index in [1.54, 1.807) is 20.8 Å². The third kappa shape index (κ3) is 9.90. The van der Waals surface area contributed by atoms with E-state index in [4.69, 9.17) is 36.1 Å². The number of nitrogens with two attached hydrogens (primary N) is 3.